The summed E-state index contributed by atoms with van der Waals surface area (Å²) in [5.74, 6) is -0.467. The number of aliphatic hydroxyl groups is 1. The number of hydrogen-bond acceptors (Lipinski definition) is 2. The van der Waals surface area contributed by atoms with E-state index in [0.29, 0.717) is 0 Å². The lowest BCUT2D eigenvalue weighted by atomic mass is 10.1. The van der Waals surface area contributed by atoms with Crippen molar-refractivity contribution in [2.45, 2.75) is 18.9 Å². The molecule has 0 aromatic rings. The fraction of sp³-hybridized carbons (Fsp3) is 0.455. The Kier molecular flexibility index (Phi) is 3.89. The molecule has 0 atom stereocenters. The van der Waals surface area contributed by atoms with Crippen molar-refractivity contribution in [2.24, 2.45) is 0 Å². The Morgan fingerprint density at radius 1 is 1.43 bits per heavy atom. The summed E-state index contributed by atoms with van der Waals surface area (Å²) < 4.78 is 12.6. The second-order valence-corrected chi connectivity index (χ2v) is 3.44. The number of piperidine rings is 1. The third-order valence-electron chi connectivity index (χ3n) is 2.34. The largest absolute Gasteiger partial charge is 0.393 e. The summed E-state index contributed by atoms with van der Waals surface area (Å²) in [4.78, 5) is 2.00. The van der Waals surface area contributed by atoms with Crippen LogP contribution in [0.5, 0.6) is 0 Å². The molecule has 0 aliphatic carbocycles. The first-order chi connectivity index (χ1) is 6.63. The second kappa shape index (κ2) is 4.96. The predicted molar refractivity (Wildman–Crippen MR) is 55.3 cm³/mol. The van der Waals surface area contributed by atoms with Crippen molar-refractivity contribution in [2.75, 3.05) is 13.1 Å². The highest BCUT2D eigenvalue weighted by Crippen LogP contribution is 2.17. The van der Waals surface area contributed by atoms with Gasteiger partial charge in [0.25, 0.3) is 0 Å². The van der Waals surface area contributed by atoms with Gasteiger partial charge in [-0.05, 0) is 25.0 Å². The monoisotopic (exact) mass is 197 g/mol. The van der Waals surface area contributed by atoms with E-state index in [0.717, 1.165) is 31.6 Å². The summed E-state index contributed by atoms with van der Waals surface area (Å²) >= 11 is 0. The molecule has 3 heteroatoms. The van der Waals surface area contributed by atoms with Crippen molar-refractivity contribution < 1.29 is 9.50 Å². The number of likely N-dealkylation sites (tertiary alicyclic amines) is 1. The fourth-order valence-corrected chi connectivity index (χ4v) is 1.56. The second-order valence-electron chi connectivity index (χ2n) is 3.44. The lowest BCUT2D eigenvalue weighted by Gasteiger charge is -2.32. The van der Waals surface area contributed by atoms with E-state index in [1.807, 2.05) is 4.90 Å². The molecule has 0 amide bonds. The van der Waals surface area contributed by atoms with Gasteiger partial charge >= 0.3 is 0 Å². The lowest BCUT2D eigenvalue weighted by molar-refractivity contribution is 0.0986. The Balaban J connectivity index is 2.62. The summed E-state index contributed by atoms with van der Waals surface area (Å²) in [6.07, 6.45) is 4.21. The van der Waals surface area contributed by atoms with Crippen molar-refractivity contribution in [1.29, 1.82) is 0 Å². The minimum Gasteiger partial charge on any atom is -0.393 e. The minimum absolute atomic E-state index is 0.217. The maximum Gasteiger partial charge on any atom is 0.118 e. The Labute approximate surface area is 84.0 Å². The smallest absolute Gasteiger partial charge is 0.118 e. The highest BCUT2D eigenvalue weighted by Gasteiger charge is 2.17. The van der Waals surface area contributed by atoms with Crippen molar-refractivity contribution in [3.8, 4) is 0 Å². The standard InChI is InChI=1S/C11H16FNO/c1-3-10(8-9(2)12)13-6-4-11(14)5-7-13/h3,8,11,14H,1-2,4-7H2. The molecule has 0 bridgehead atoms. The van der Waals surface area contributed by atoms with E-state index in [1.165, 1.54) is 6.08 Å². The Morgan fingerprint density at radius 2 is 2.00 bits per heavy atom. The number of allylic oxidation sites excluding steroid dienone is 3. The van der Waals surface area contributed by atoms with Gasteiger partial charge in [-0.3, -0.25) is 0 Å². The zero-order valence-corrected chi connectivity index (χ0v) is 8.25. The normalized spacial score (nSPS) is 19.6. The summed E-state index contributed by atoms with van der Waals surface area (Å²) in [5, 5.41) is 9.30. The summed E-state index contributed by atoms with van der Waals surface area (Å²) in [5.41, 5.74) is 0.740. The van der Waals surface area contributed by atoms with Gasteiger partial charge in [0.05, 0.1) is 6.10 Å². The molecule has 1 fully saturated rings. The molecular formula is C11H16FNO. The number of nitrogens with zero attached hydrogens (tertiary/aromatic N) is 1. The minimum atomic E-state index is -0.467. The Morgan fingerprint density at radius 3 is 2.43 bits per heavy atom. The number of hydrogen-bond donors (Lipinski definition) is 1. The first kappa shape index (κ1) is 11.0. The molecule has 0 unspecified atom stereocenters. The molecule has 0 saturated carbocycles. The van der Waals surface area contributed by atoms with Crippen molar-refractivity contribution in [3.05, 3.63) is 36.8 Å². The average molecular weight is 197 g/mol. The van der Waals surface area contributed by atoms with Crippen LogP contribution in [0.4, 0.5) is 4.39 Å². The van der Waals surface area contributed by atoms with E-state index in [9.17, 15) is 9.50 Å². The third kappa shape index (κ3) is 3.00. The molecule has 1 N–H and O–H groups in total. The zero-order chi connectivity index (χ0) is 10.6. The van der Waals surface area contributed by atoms with E-state index in [-0.39, 0.29) is 6.10 Å². The highest BCUT2D eigenvalue weighted by molar-refractivity contribution is 5.23. The molecule has 1 aliphatic rings. The SMILES string of the molecule is C=CC(=CC(=C)F)N1CCC(O)CC1. The molecule has 1 rings (SSSR count). The molecular weight excluding hydrogens is 181 g/mol. The fourth-order valence-electron chi connectivity index (χ4n) is 1.56. The number of aliphatic hydroxyl groups excluding tert-OH is 1. The van der Waals surface area contributed by atoms with Crippen molar-refractivity contribution >= 4 is 0 Å². The third-order valence-corrected chi connectivity index (χ3v) is 2.34. The number of rotatable bonds is 3. The van der Waals surface area contributed by atoms with Crippen LogP contribution in [0.25, 0.3) is 0 Å². The molecule has 2 nitrogen and oxygen atoms in total. The topological polar surface area (TPSA) is 23.5 Å². The van der Waals surface area contributed by atoms with Gasteiger partial charge < -0.3 is 10.0 Å². The van der Waals surface area contributed by atoms with Crippen LogP contribution in [0.1, 0.15) is 12.8 Å². The quantitative estimate of drug-likeness (QED) is 0.699. The predicted octanol–water partition coefficient (Wildman–Crippen LogP) is 2.00. The molecule has 0 aromatic heterocycles. The average Bonchev–Trinajstić information content (AvgIpc) is 2.15. The van der Waals surface area contributed by atoms with Crippen molar-refractivity contribution in [1.82, 2.24) is 4.90 Å². The van der Waals surface area contributed by atoms with Crippen LogP contribution in [0.2, 0.25) is 0 Å². The lowest BCUT2D eigenvalue weighted by Crippen LogP contribution is -2.34. The summed E-state index contributed by atoms with van der Waals surface area (Å²) in [7, 11) is 0. The van der Waals surface area contributed by atoms with Gasteiger partial charge in [0.1, 0.15) is 5.83 Å². The van der Waals surface area contributed by atoms with Crippen LogP contribution >= 0.6 is 0 Å². The molecule has 0 aromatic carbocycles. The van der Waals surface area contributed by atoms with Gasteiger partial charge in [0, 0.05) is 18.8 Å². The molecule has 14 heavy (non-hydrogen) atoms. The number of halogens is 1. The van der Waals surface area contributed by atoms with Gasteiger partial charge in [-0.15, -0.1) is 0 Å². The van der Waals surface area contributed by atoms with Crippen LogP contribution in [-0.2, 0) is 0 Å². The summed E-state index contributed by atoms with van der Waals surface area (Å²) in [6, 6.07) is 0. The van der Waals surface area contributed by atoms with Crippen LogP contribution in [-0.4, -0.2) is 29.2 Å². The van der Waals surface area contributed by atoms with Crippen molar-refractivity contribution in [3.63, 3.8) is 0 Å². The van der Waals surface area contributed by atoms with Gasteiger partial charge in [0.2, 0.25) is 0 Å². The highest BCUT2D eigenvalue weighted by atomic mass is 19.1. The molecule has 1 aliphatic heterocycles. The van der Waals surface area contributed by atoms with E-state index in [1.54, 1.807) is 6.08 Å². The van der Waals surface area contributed by atoms with Crippen LogP contribution < -0.4 is 0 Å². The van der Waals surface area contributed by atoms with Gasteiger partial charge in [-0.25, -0.2) is 4.39 Å². The Bertz CT molecular complexity index is 252. The van der Waals surface area contributed by atoms with Crippen LogP contribution in [0.15, 0.2) is 36.8 Å². The van der Waals surface area contributed by atoms with Gasteiger partial charge in [-0.1, -0.05) is 13.2 Å². The molecule has 78 valence electrons. The van der Waals surface area contributed by atoms with E-state index in [2.05, 4.69) is 13.2 Å². The van der Waals surface area contributed by atoms with E-state index < -0.39 is 5.83 Å². The van der Waals surface area contributed by atoms with Crippen LogP contribution in [0.3, 0.4) is 0 Å². The van der Waals surface area contributed by atoms with E-state index >= 15 is 0 Å². The van der Waals surface area contributed by atoms with Gasteiger partial charge in [0.15, 0.2) is 0 Å². The molecule has 1 saturated heterocycles. The maximum atomic E-state index is 12.6. The first-order valence-corrected chi connectivity index (χ1v) is 4.75. The van der Waals surface area contributed by atoms with E-state index in [4.69, 9.17) is 0 Å². The first-order valence-electron chi connectivity index (χ1n) is 4.75. The molecule has 0 spiro atoms. The Hall–Kier alpha value is -1.09. The maximum absolute atomic E-state index is 12.6. The van der Waals surface area contributed by atoms with Crippen LogP contribution in [0, 0.1) is 0 Å². The summed E-state index contributed by atoms with van der Waals surface area (Å²) in [6.45, 7) is 8.30. The molecule has 1 heterocycles. The molecule has 0 radical (unpaired) electrons. The zero-order valence-electron chi connectivity index (χ0n) is 8.25. The van der Waals surface area contributed by atoms with Gasteiger partial charge in [-0.2, -0.15) is 0 Å².